The molecule has 0 saturated heterocycles. The molecule has 0 bridgehead atoms. The number of halogens is 3. The fourth-order valence-corrected chi connectivity index (χ4v) is 3.51. The molecule has 0 fully saturated rings. The third-order valence-electron chi connectivity index (χ3n) is 5.04. The minimum atomic E-state index is -4.48. The van der Waals surface area contributed by atoms with Gasteiger partial charge in [0.2, 0.25) is 0 Å². The van der Waals surface area contributed by atoms with Crippen LogP contribution in [0.5, 0.6) is 0 Å². The van der Waals surface area contributed by atoms with Crippen LogP contribution in [0, 0.1) is 13.8 Å². The van der Waals surface area contributed by atoms with Gasteiger partial charge in [0.1, 0.15) is 0 Å². The zero-order chi connectivity index (χ0) is 21.2. The summed E-state index contributed by atoms with van der Waals surface area (Å²) in [5.41, 5.74) is 1.92. The van der Waals surface area contributed by atoms with Crippen LogP contribution in [0.25, 0.3) is 5.69 Å². The Kier molecular flexibility index (Phi) is 5.82. The lowest BCUT2D eigenvalue weighted by molar-refractivity contribution is -0.137. The largest absolute Gasteiger partial charge is 0.418 e. The average Bonchev–Trinajstić information content (AvgIpc) is 2.99. The molecule has 1 aromatic heterocycles. The quantitative estimate of drug-likeness (QED) is 0.561. The van der Waals surface area contributed by atoms with Gasteiger partial charge in [-0.15, -0.1) is 0 Å². The zero-order valence-corrected chi connectivity index (χ0v) is 16.6. The van der Waals surface area contributed by atoms with Gasteiger partial charge in [0.05, 0.1) is 16.8 Å². The first-order valence-corrected chi connectivity index (χ1v) is 9.35. The van der Waals surface area contributed by atoms with Crippen LogP contribution in [0.15, 0.2) is 60.7 Å². The van der Waals surface area contributed by atoms with Crippen molar-refractivity contribution in [2.45, 2.75) is 26.4 Å². The van der Waals surface area contributed by atoms with Gasteiger partial charge < -0.3 is 9.47 Å². The first-order chi connectivity index (χ1) is 13.7. The molecule has 1 amide bonds. The molecule has 152 valence electrons. The van der Waals surface area contributed by atoms with E-state index in [9.17, 15) is 18.0 Å². The molecule has 0 N–H and O–H groups in total. The van der Waals surface area contributed by atoms with E-state index in [-0.39, 0.29) is 11.6 Å². The van der Waals surface area contributed by atoms with E-state index in [4.69, 9.17) is 0 Å². The molecule has 3 nitrogen and oxygen atoms in total. The van der Waals surface area contributed by atoms with E-state index in [1.165, 1.54) is 16.7 Å². The van der Waals surface area contributed by atoms with Gasteiger partial charge in [-0.1, -0.05) is 42.5 Å². The van der Waals surface area contributed by atoms with Crippen molar-refractivity contribution in [3.05, 3.63) is 88.7 Å². The Balaban J connectivity index is 1.89. The Morgan fingerprint density at radius 2 is 1.62 bits per heavy atom. The van der Waals surface area contributed by atoms with E-state index in [0.29, 0.717) is 29.9 Å². The van der Waals surface area contributed by atoms with Crippen LogP contribution < -0.4 is 0 Å². The van der Waals surface area contributed by atoms with Crippen LogP contribution in [-0.4, -0.2) is 29.0 Å². The van der Waals surface area contributed by atoms with Crippen molar-refractivity contribution in [1.82, 2.24) is 9.47 Å². The molecule has 0 saturated carbocycles. The van der Waals surface area contributed by atoms with Gasteiger partial charge >= 0.3 is 6.18 Å². The number of nitrogens with zero attached hydrogens (tertiary/aromatic N) is 2. The number of carbonyl (C=O) groups excluding carboxylic acids is 1. The van der Waals surface area contributed by atoms with Crippen molar-refractivity contribution < 1.29 is 18.0 Å². The molecule has 1 heterocycles. The van der Waals surface area contributed by atoms with E-state index in [1.807, 2.05) is 30.3 Å². The summed E-state index contributed by atoms with van der Waals surface area (Å²) in [5.74, 6) is -0.204. The third-order valence-corrected chi connectivity index (χ3v) is 5.04. The molecular weight excluding hydrogens is 377 g/mol. The molecule has 0 aliphatic heterocycles. The first-order valence-electron chi connectivity index (χ1n) is 9.35. The number of amides is 1. The molecule has 0 spiro atoms. The molecule has 0 unspecified atom stereocenters. The van der Waals surface area contributed by atoms with Crippen molar-refractivity contribution in [2.75, 3.05) is 13.6 Å². The van der Waals surface area contributed by atoms with E-state index >= 15 is 0 Å². The van der Waals surface area contributed by atoms with Gasteiger partial charge in [0.25, 0.3) is 5.91 Å². The monoisotopic (exact) mass is 400 g/mol. The van der Waals surface area contributed by atoms with Gasteiger partial charge in [-0.3, -0.25) is 4.79 Å². The Labute approximate surface area is 168 Å². The summed E-state index contributed by atoms with van der Waals surface area (Å²) < 4.78 is 41.9. The first kappa shape index (κ1) is 20.7. The summed E-state index contributed by atoms with van der Waals surface area (Å²) in [7, 11) is 1.71. The standard InChI is InChI=1S/C23H23F3N2O/c1-16-15-19(22(29)27(3)14-13-18-9-5-4-6-10-18)17(2)28(16)21-12-8-7-11-20(21)23(24,25)26/h4-12,15H,13-14H2,1-3H3. The number of benzene rings is 2. The lowest BCUT2D eigenvalue weighted by atomic mass is 10.1. The SMILES string of the molecule is Cc1cc(C(=O)N(C)CCc2ccccc2)c(C)n1-c1ccccc1C(F)(F)F. The highest BCUT2D eigenvalue weighted by molar-refractivity contribution is 5.95. The molecule has 6 heteroatoms. The van der Waals surface area contributed by atoms with Crippen molar-refractivity contribution in [3.63, 3.8) is 0 Å². The Morgan fingerprint density at radius 1 is 1.00 bits per heavy atom. The average molecular weight is 400 g/mol. The summed E-state index contributed by atoms with van der Waals surface area (Å²) in [6, 6.07) is 16.9. The fourth-order valence-electron chi connectivity index (χ4n) is 3.51. The van der Waals surface area contributed by atoms with Gasteiger partial charge in [-0.05, 0) is 44.0 Å². The fraction of sp³-hybridized carbons (Fsp3) is 0.261. The number of aryl methyl sites for hydroxylation is 1. The Bertz CT molecular complexity index is 1010. The maximum Gasteiger partial charge on any atom is 0.418 e. The second-order valence-electron chi connectivity index (χ2n) is 7.10. The number of hydrogen-bond donors (Lipinski definition) is 0. The van der Waals surface area contributed by atoms with Gasteiger partial charge in [0, 0.05) is 25.0 Å². The molecule has 3 rings (SSSR count). The van der Waals surface area contributed by atoms with Crippen LogP contribution in [0.1, 0.15) is 32.9 Å². The number of likely N-dealkylation sites (N-methyl/N-ethyl adjacent to an activating group) is 1. The van der Waals surface area contributed by atoms with Crippen molar-refractivity contribution in [1.29, 1.82) is 0 Å². The highest BCUT2D eigenvalue weighted by Crippen LogP contribution is 2.35. The van der Waals surface area contributed by atoms with Crippen molar-refractivity contribution >= 4 is 5.91 Å². The van der Waals surface area contributed by atoms with Gasteiger partial charge in [0.15, 0.2) is 0 Å². The number of para-hydroxylation sites is 1. The molecule has 0 aliphatic rings. The topological polar surface area (TPSA) is 25.2 Å². The predicted octanol–water partition coefficient (Wildman–Crippen LogP) is 5.43. The van der Waals surface area contributed by atoms with E-state index in [1.54, 1.807) is 37.9 Å². The zero-order valence-electron chi connectivity index (χ0n) is 16.6. The smallest absolute Gasteiger partial charge is 0.341 e. The Morgan fingerprint density at radius 3 is 2.28 bits per heavy atom. The Hall–Kier alpha value is -3.02. The third kappa shape index (κ3) is 4.36. The minimum Gasteiger partial charge on any atom is -0.341 e. The van der Waals surface area contributed by atoms with Crippen molar-refractivity contribution in [3.8, 4) is 5.69 Å². The normalized spacial score (nSPS) is 11.5. The molecule has 29 heavy (non-hydrogen) atoms. The number of alkyl halides is 3. The minimum absolute atomic E-state index is 0.0287. The highest BCUT2D eigenvalue weighted by Gasteiger charge is 2.34. The van der Waals surface area contributed by atoms with Crippen LogP contribution in [-0.2, 0) is 12.6 Å². The number of hydrogen-bond acceptors (Lipinski definition) is 1. The molecule has 3 aromatic rings. The van der Waals surface area contributed by atoms with Gasteiger partial charge in [-0.2, -0.15) is 13.2 Å². The summed E-state index contributed by atoms with van der Waals surface area (Å²) in [6.45, 7) is 3.91. The highest BCUT2D eigenvalue weighted by atomic mass is 19.4. The maximum absolute atomic E-state index is 13.5. The van der Waals surface area contributed by atoms with Crippen molar-refractivity contribution in [2.24, 2.45) is 0 Å². The summed E-state index contributed by atoms with van der Waals surface area (Å²) in [5, 5.41) is 0. The van der Waals surface area contributed by atoms with Crippen LogP contribution >= 0.6 is 0 Å². The maximum atomic E-state index is 13.5. The predicted molar refractivity (Wildman–Crippen MR) is 107 cm³/mol. The summed E-state index contributed by atoms with van der Waals surface area (Å²) in [6.07, 6.45) is -3.77. The van der Waals surface area contributed by atoms with Crippen LogP contribution in [0.4, 0.5) is 13.2 Å². The number of rotatable bonds is 5. The number of carbonyl (C=O) groups is 1. The van der Waals surface area contributed by atoms with E-state index < -0.39 is 11.7 Å². The van der Waals surface area contributed by atoms with Crippen LogP contribution in [0.2, 0.25) is 0 Å². The summed E-state index contributed by atoms with van der Waals surface area (Å²) >= 11 is 0. The molecule has 2 aromatic carbocycles. The van der Waals surface area contributed by atoms with E-state index in [2.05, 4.69) is 0 Å². The molecule has 0 radical (unpaired) electrons. The van der Waals surface area contributed by atoms with Gasteiger partial charge in [-0.25, -0.2) is 0 Å². The molecular formula is C23H23F3N2O. The van der Waals surface area contributed by atoms with Crippen LogP contribution in [0.3, 0.4) is 0 Å². The number of aromatic nitrogens is 1. The lowest BCUT2D eigenvalue weighted by Gasteiger charge is -2.19. The second-order valence-corrected chi connectivity index (χ2v) is 7.10. The second kappa shape index (κ2) is 8.15. The lowest BCUT2D eigenvalue weighted by Crippen LogP contribution is -2.29. The summed E-state index contributed by atoms with van der Waals surface area (Å²) in [4.78, 5) is 14.6. The van der Waals surface area contributed by atoms with E-state index in [0.717, 1.165) is 11.6 Å². The molecule has 0 aliphatic carbocycles. The molecule has 0 atom stereocenters.